The zero-order chi connectivity index (χ0) is 8.81. The van der Waals surface area contributed by atoms with Gasteiger partial charge in [0.1, 0.15) is 0 Å². The lowest BCUT2D eigenvalue weighted by Crippen LogP contribution is -2.01. The predicted molar refractivity (Wildman–Crippen MR) is 50.3 cm³/mol. The average molecular weight is 164 g/mol. The molecular formula is C9H12N2O. The first-order valence-electron chi connectivity index (χ1n) is 3.78. The summed E-state index contributed by atoms with van der Waals surface area (Å²) in [6.45, 7) is 1.75. The highest BCUT2D eigenvalue weighted by atomic mass is 16.3. The van der Waals surface area contributed by atoms with Crippen LogP contribution in [-0.4, -0.2) is 17.4 Å². The van der Waals surface area contributed by atoms with Crippen molar-refractivity contribution >= 4 is 11.4 Å². The zero-order valence-electron chi connectivity index (χ0n) is 6.99. The van der Waals surface area contributed by atoms with E-state index in [-0.39, 0.29) is 6.61 Å². The average Bonchev–Trinajstić information content (AvgIpc) is 2.16. The SMILES string of the molecule is CC(CO)=NNc1ccccc1. The van der Waals surface area contributed by atoms with Gasteiger partial charge >= 0.3 is 0 Å². The molecule has 0 aliphatic carbocycles. The van der Waals surface area contributed by atoms with Crippen molar-refractivity contribution < 1.29 is 5.11 Å². The number of anilines is 1. The highest BCUT2D eigenvalue weighted by molar-refractivity contribution is 5.83. The summed E-state index contributed by atoms with van der Waals surface area (Å²) in [7, 11) is 0. The summed E-state index contributed by atoms with van der Waals surface area (Å²) in [6, 6.07) is 9.61. The molecule has 0 aromatic heterocycles. The van der Waals surface area contributed by atoms with Crippen LogP contribution in [0.1, 0.15) is 6.92 Å². The molecule has 2 N–H and O–H groups in total. The van der Waals surface area contributed by atoms with Gasteiger partial charge in [-0.2, -0.15) is 5.10 Å². The van der Waals surface area contributed by atoms with Crippen LogP contribution in [0.5, 0.6) is 0 Å². The molecule has 64 valence electrons. The van der Waals surface area contributed by atoms with Gasteiger partial charge < -0.3 is 5.11 Å². The molecule has 0 saturated carbocycles. The molecule has 12 heavy (non-hydrogen) atoms. The van der Waals surface area contributed by atoms with E-state index in [9.17, 15) is 0 Å². The second-order valence-corrected chi connectivity index (χ2v) is 2.48. The molecule has 1 rings (SSSR count). The Morgan fingerprint density at radius 1 is 1.42 bits per heavy atom. The molecule has 1 aromatic rings. The van der Waals surface area contributed by atoms with E-state index in [1.54, 1.807) is 6.92 Å². The van der Waals surface area contributed by atoms with Gasteiger partial charge in [-0.1, -0.05) is 18.2 Å². The van der Waals surface area contributed by atoms with Crippen molar-refractivity contribution in [1.82, 2.24) is 0 Å². The van der Waals surface area contributed by atoms with Gasteiger partial charge in [-0.25, -0.2) is 0 Å². The van der Waals surface area contributed by atoms with Gasteiger partial charge in [0.05, 0.1) is 18.0 Å². The van der Waals surface area contributed by atoms with Gasteiger partial charge in [0.2, 0.25) is 0 Å². The van der Waals surface area contributed by atoms with E-state index < -0.39 is 0 Å². The Kier molecular flexibility index (Phi) is 3.29. The molecule has 0 amide bonds. The van der Waals surface area contributed by atoms with E-state index >= 15 is 0 Å². The van der Waals surface area contributed by atoms with Crippen LogP contribution >= 0.6 is 0 Å². The Hall–Kier alpha value is -1.35. The molecule has 0 spiro atoms. The first-order chi connectivity index (χ1) is 5.83. The Morgan fingerprint density at radius 2 is 2.08 bits per heavy atom. The minimum atomic E-state index is -0.0141. The second kappa shape index (κ2) is 4.51. The Labute approximate surface area is 71.7 Å². The maximum Gasteiger partial charge on any atom is 0.0828 e. The number of hydrogen-bond donors (Lipinski definition) is 2. The molecule has 0 heterocycles. The van der Waals surface area contributed by atoms with Crippen molar-refractivity contribution in [2.24, 2.45) is 5.10 Å². The van der Waals surface area contributed by atoms with E-state index in [4.69, 9.17) is 5.11 Å². The fourth-order valence-electron chi connectivity index (χ4n) is 0.708. The lowest BCUT2D eigenvalue weighted by Gasteiger charge is -1.99. The molecule has 0 aliphatic heterocycles. The normalized spacial score (nSPS) is 11.3. The first-order valence-corrected chi connectivity index (χ1v) is 3.78. The summed E-state index contributed by atoms with van der Waals surface area (Å²) in [5, 5.41) is 12.6. The quantitative estimate of drug-likeness (QED) is 0.525. The largest absolute Gasteiger partial charge is 0.390 e. The molecule has 0 fully saturated rings. The van der Waals surface area contributed by atoms with Gasteiger partial charge in [0.15, 0.2) is 0 Å². The number of benzene rings is 1. The molecule has 0 radical (unpaired) electrons. The molecule has 0 aliphatic rings. The Morgan fingerprint density at radius 3 is 2.67 bits per heavy atom. The van der Waals surface area contributed by atoms with Crippen molar-refractivity contribution in [3.05, 3.63) is 30.3 Å². The lowest BCUT2D eigenvalue weighted by atomic mass is 10.3. The van der Waals surface area contributed by atoms with Crippen molar-refractivity contribution in [2.45, 2.75) is 6.92 Å². The van der Waals surface area contributed by atoms with Crippen molar-refractivity contribution in [3.63, 3.8) is 0 Å². The molecular weight excluding hydrogens is 152 g/mol. The van der Waals surface area contributed by atoms with Gasteiger partial charge in [-0.15, -0.1) is 0 Å². The van der Waals surface area contributed by atoms with Crippen molar-refractivity contribution in [1.29, 1.82) is 0 Å². The number of rotatable bonds is 3. The summed E-state index contributed by atoms with van der Waals surface area (Å²) < 4.78 is 0. The predicted octanol–water partition coefficient (Wildman–Crippen LogP) is 1.47. The summed E-state index contributed by atoms with van der Waals surface area (Å²) in [5.74, 6) is 0. The van der Waals surface area contributed by atoms with Gasteiger partial charge in [-0.05, 0) is 19.1 Å². The molecule has 0 atom stereocenters. The molecule has 0 bridgehead atoms. The highest BCUT2D eigenvalue weighted by Crippen LogP contribution is 2.04. The van der Waals surface area contributed by atoms with Crippen LogP contribution in [0.4, 0.5) is 5.69 Å². The summed E-state index contributed by atoms with van der Waals surface area (Å²) in [5.41, 5.74) is 4.41. The van der Waals surface area contributed by atoms with Crippen LogP contribution < -0.4 is 5.43 Å². The van der Waals surface area contributed by atoms with Crippen LogP contribution in [0.15, 0.2) is 35.4 Å². The van der Waals surface area contributed by atoms with E-state index in [0.717, 1.165) is 5.69 Å². The number of hydrogen-bond acceptors (Lipinski definition) is 3. The first kappa shape index (κ1) is 8.74. The minimum Gasteiger partial charge on any atom is -0.390 e. The molecule has 1 aromatic carbocycles. The van der Waals surface area contributed by atoms with E-state index in [0.29, 0.717) is 5.71 Å². The Balaban J connectivity index is 2.54. The van der Waals surface area contributed by atoms with Crippen LogP contribution in [0, 0.1) is 0 Å². The molecule has 3 nitrogen and oxygen atoms in total. The Bertz CT molecular complexity index is 256. The number of aliphatic hydroxyl groups is 1. The fourth-order valence-corrected chi connectivity index (χ4v) is 0.708. The molecule has 3 heteroatoms. The van der Waals surface area contributed by atoms with Gasteiger partial charge in [-0.3, -0.25) is 5.43 Å². The smallest absolute Gasteiger partial charge is 0.0828 e. The third kappa shape index (κ3) is 2.72. The van der Waals surface area contributed by atoms with Crippen LogP contribution in [0.3, 0.4) is 0 Å². The number of aliphatic hydroxyl groups excluding tert-OH is 1. The monoisotopic (exact) mass is 164 g/mol. The lowest BCUT2D eigenvalue weighted by molar-refractivity contribution is 0.356. The number of hydrazone groups is 1. The van der Waals surface area contributed by atoms with Crippen molar-refractivity contribution in [2.75, 3.05) is 12.0 Å². The van der Waals surface area contributed by atoms with E-state index in [1.807, 2.05) is 30.3 Å². The summed E-state index contributed by atoms with van der Waals surface area (Å²) in [4.78, 5) is 0. The van der Waals surface area contributed by atoms with Gasteiger partial charge in [0, 0.05) is 0 Å². The van der Waals surface area contributed by atoms with Crippen LogP contribution in [0.2, 0.25) is 0 Å². The maximum atomic E-state index is 8.64. The third-order valence-electron chi connectivity index (χ3n) is 1.38. The second-order valence-electron chi connectivity index (χ2n) is 2.48. The number of para-hydroxylation sites is 1. The van der Waals surface area contributed by atoms with Crippen LogP contribution in [-0.2, 0) is 0 Å². The van der Waals surface area contributed by atoms with Crippen LogP contribution in [0.25, 0.3) is 0 Å². The topological polar surface area (TPSA) is 44.6 Å². The number of nitrogens with one attached hydrogen (secondary N) is 1. The maximum absolute atomic E-state index is 8.64. The minimum absolute atomic E-state index is 0.0141. The summed E-state index contributed by atoms with van der Waals surface area (Å²) >= 11 is 0. The molecule has 0 unspecified atom stereocenters. The highest BCUT2D eigenvalue weighted by Gasteiger charge is 1.87. The fraction of sp³-hybridized carbons (Fsp3) is 0.222. The number of nitrogens with zero attached hydrogens (tertiary/aromatic N) is 1. The van der Waals surface area contributed by atoms with E-state index in [2.05, 4.69) is 10.5 Å². The molecule has 0 saturated heterocycles. The van der Waals surface area contributed by atoms with E-state index in [1.165, 1.54) is 0 Å². The van der Waals surface area contributed by atoms with Gasteiger partial charge in [0.25, 0.3) is 0 Å². The zero-order valence-corrected chi connectivity index (χ0v) is 6.99. The standard InChI is InChI=1S/C9H12N2O/c1-8(7-12)10-11-9-5-3-2-4-6-9/h2-6,11-12H,7H2,1H3. The third-order valence-corrected chi connectivity index (χ3v) is 1.38. The van der Waals surface area contributed by atoms with Crippen molar-refractivity contribution in [3.8, 4) is 0 Å². The summed E-state index contributed by atoms with van der Waals surface area (Å²) in [6.07, 6.45) is 0.